The molecule has 0 aliphatic carbocycles. The molecule has 8 heteroatoms. The third-order valence-corrected chi connectivity index (χ3v) is 6.10. The Labute approximate surface area is 191 Å². The molecule has 2 aromatic carbocycles. The fourth-order valence-corrected chi connectivity index (χ4v) is 4.18. The summed E-state index contributed by atoms with van der Waals surface area (Å²) in [4.78, 5) is 31.3. The van der Waals surface area contributed by atoms with Crippen LogP contribution in [0.1, 0.15) is 35.9 Å². The molecule has 1 saturated heterocycles. The van der Waals surface area contributed by atoms with E-state index in [0.717, 1.165) is 37.0 Å². The number of fused-ring (bicyclic) bond motifs is 1. The molecule has 4 aromatic rings. The highest BCUT2D eigenvalue weighted by atomic mass is 16.5. The van der Waals surface area contributed by atoms with Gasteiger partial charge in [-0.15, -0.1) is 0 Å². The predicted octanol–water partition coefficient (Wildman–Crippen LogP) is 3.97. The first-order chi connectivity index (χ1) is 16.1. The molecule has 2 aromatic heterocycles. The lowest BCUT2D eigenvalue weighted by Gasteiger charge is -2.34. The lowest BCUT2D eigenvalue weighted by molar-refractivity contribution is 0.103. The number of nitrogens with one attached hydrogen (secondary N) is 1. The van der Waals surface area contributed by atoms with Crippen molar-refractivity contribution in [3.63, 3.8) is 0 Å². The van der Waals surface area contributed by atoms with Crippen LogP contribution >= 0.6 is 0 Å². The van der Waals surface area contributed by atoms with Crippen molar-refractivity contribution in [2.45, 2.75) is 25.9 Å². The number of carbonyl (C=O) groups excluding carboxylic acids is 1. The number of imidazole rings is 1. The Morgan fingerprint density at radius 3 is 2.55 bits per heavy atom. The zero-order chi connectivity index (χ0) is 22.8. The number of hydrogen-bond donors (Lipinski definition) is 2. The molecule has 0 unspecified atom stereocenters. The third-order valence-electron chi connectivity index (χ3n) is 6.10. The van der Waals surface area contributed by atoms with Gasteiger partial charge in [-0.1, -0.05) is 12.1 Å². The van der Waals surface area contributed by atoms with Gasteiger partial charge in [0.2, 0.25) is 5.78 Å². The van der Waals surface area contributed by atoms with Gasteiger partial charge in [0.25, 0.3) is 5.88 Å². The van der Waals surface area contributed by atoms with E-state index >= 15 is 0 Å². The number of piperidine rings is 1. The molecule has 0 bridgehead atoms. The minimum Gasteiger partial charge on any atom is -0.436 e. The number of aromatic amines is 1. The second-order valence-corrected chi connectivity index (χ2v) is 8.31. The molecule has 3 heterocycles. The molecule has 0 radical (unpaired) electrons. The number of carbonyl (C=O) groups is 1. The lowest BCUT2D eigenvalue weighted by Crippen LogP contribution is -2.37. The second kappa shape index (κ2) is 8.99. The monoisotopic (exact) mass is 443 g/mol. The number of rotatable bonds is 6. The molecule has 5 rings (SSSR count). The number of ketones is 1. The smallest absolute Gasteiger partial charge is 0.263 e. The maximum atomic E-state index is 12.8. The molecular weight excluding hydrogens is 418 g/mol. The van der Waals surface area contributed by atoms with E-state index in [-0.39, 0.29) is 11.9 Å². The SMILES string of the molecule is C[C@H](O)C1CCN(c2nccnc2Oc2ccc(C(=O)c3nc4ccccc4[nH]3)cc2)CC1. The summed E-state index contributed by atoms with van der Waals surface area (Å²) in [6.07, 6.45) is 4.74. The van der Waals surface area contributed by atoms with E-state index < -0.39 is 0 Å². The summed E-state index contributed by atoms with van der Waals surface area (Å²) in [5.74, 6) is 2.10. The molecule has 1 fully saturated rings. The summed E-state index contributed by atoms with van der Waals surface area (Å²) in [5, 5.41) is 9.85. The van der Waals surface area contributed by atoms with Gasteiger partial charge in [-0.2, -0.15) is 0 Å². The topological polar surface area (TPSA) is 104 Å². The van der Waals surface area contributed by atoms with Crippen LogP contribution in [0.5, 0.6) is 11.6 Å². The van der Waals surface area contributed by atoms with Crippen molar-refractivity contribution in [2.75, 3.05) is 18.0 Å². The number of hydrogen-bond acceptors (Lipinski definition) is 7. The van der Waals surface area contributed by atoms with Crippen LogP contribution in [0.4, 0.5) is 5.82 Å². The molecule has 1 aliphatic heterocycles. The van der Waals surface area contributed by atoms with E-state index in [4.69, 9.17) is 4.74 Å². The molecule has 8 nitrogen and oxygen atoms in total. The van der Waals surface area contributed by atoms with Crippen molar-refractivity contribution in [1.82, 2.24) is 19.9 Å². The van der Waals surface area contributed by atoms with E-state index in [1.807, 2.05) is 31.2 Å². The quantitative estimate of drug-likeness (QED) is 0.435. The fourth-order valence-electron chi connectivity index (χ4n) is 4.18. The molecule has 33 heavy (non-hydrogen) atoms. The van der Waals surface area contributed by atoms with E-state index in [1.165, 1.54) is 0 Å². The molecule has 0 amide bonds. The van der Waals surface area contributed by atoms with Gasteiger partial charge in [-0.05, 0) is 62.1 Å². The van der Waals surface area contributed by atoms with Gasteiger partial charge in [0, 0.05) is 31.0 Å². The summed E-state index contributed by atoms with van der Waals surface area (Å²) in [5.41, 5.74) is 2.10. The minimum absolute atomic E-state index is 0.182. The zero-order valence-electron chi connectivity index (χ0n) is 18.3. The van der Waals surface area contributed by atoms with Crippen LogP contribution in [0.25, 0.3) is 11.0 Å². The van der Waals surface area contributed by atoms with Crippen LogP contribution in [0.3, 0.4) is 0 Å². The van der Waals surface area contributed by atoms with Gasteiger partial charge in [0.15, 0.2) is 11.6 Å². The van der Waals surface area contributed by atoms with E-state index in [0.29, 0.717) is 34.8 Å². The van der Waals surface area contributed by atoms with Gasteiger partial charge in [-0.25, -0.2) is 15.0 Å². The van der Waals surface area contributed by atoms with Crippen LogP contribution in [0.2, 0.25) is 0 Å². The van der Waals surface area contributed by atoms with Crippen LogP contribution in [-0.4, -0.2) is 50.0 Å². The maximum absolute atomic E-state index is 12.8. The number of benzene rings is 2. The third kappa shape index (κ3) is 4.42. The summed E-state index contributed by atoms with van der Waals surface area (Å²) in [6.45, 7) is 3.42. The van der Waals surface area contributed by atoms with Gasteiger partial charge >= 0.3 is 0 Å². The highest BCUT2D eigenvalue weighted by Gasteiger charge is 2.25. The fraction of sp³-hybridized carbons (Fsp3) is 0.280. The Morgan fingerprint density at radius 1 is 1.09 bits per heavy atom. The van der Waals surface area contributed by atoms with Crippen molar-refractivity contribution in [1.29, 1.82) is 0 Å². The highest BCUT2D eigenvalue weighted by molar-refractivity contribution is 6.08. The first kappa shape index (κ1) is 21.1. The highest BCUT2D eigenvalue weighted by Crippen LogP contribution is 2.31. The summed E-state index contributed by atoms with van der Waals surface area (Å²) < 4.78 is 6.03. The van der Waals surface area contributed by atoms with Crippen molar-refractivity contribution < 1.29 is 14.6 Å². The number of aliphatic hydroxyl groups excluding tert-OH is 1. The average molecular weight is 444 g/mol. The molecule has 168 valence electrons. The first-order valence-electron chi connectivity index (χ1n) is 11.1. The van der Waals surface area contributed by atoms with Gasteiger partial charge < -0.3 is 19.7 Å². The Hall–Kier alpha value is -3.78. The van der Waals surface area contributed by atoms with Crippen molar-refractivity contribution >= 4 is 22.6 Å². The normalized spacial score (nSPS) is 15.5. The van der Waals surface area contributed by atoms with Gasteiger partial charge in [-0.3, -0.25) is 4.79 Å². The largest absolute Gasteiger partial charge is 0.436 e. The zero-order valence-corrected chi connectivity index (χ0v) is 18.3. The summed E-state index contributed by atoms with van der Waals surface area (Å²) in [6, 6.07) is 14.5. The number of anilines is 1. The predicted molar refractivity (Wildman–Crippen MR) is 125 cm³/mol. The lowest BCUT2D eigenvalue weighted by atomic mass is 9.92. The van der Waals surface area contributed by atoms with E-state index in [9.17, 15) is 9.90 Å². The number of para-hydroxylation sites is 2. The number of aliphatic hydroxyl groups is 1. The molecular formula is C25H25N5O3. The summed E-state index contributed by atoms with van der Waals surface area (Å²) >= 11 is 0. The standard InChI is InChI=1S/C25H25N5O3/c1-16(31)17-10-14-30(15-11-17)24-25(27-13-12-26-24)33-19-8-6-18(7-9-19)22(32)23-28-20-4-2-3-5-21(20)29-23/h2-9,12-13,16-17,31H,10-11,14-15H2,1H3,(H,28,29)/t16-/m0/s1. The Balaban J connectivity index is 1.30. The first-order valence-corrected chi connectivity index (χ1v) is 11.1. The molecule has 1 atom stereocenters. The number of aromatic nitrogens is 4. The molecule has 2 N–H and O–H groups in total. The summed E-state index contributed by atoms with van der Waals surface area (Å²) in [7, 11) is 0. The van der Waals surface area contributed by atoms with E-state index in [2.05, 4.69) is 24.8 Å². The minimum atomic E-state index is -0.300. The number of nitrogens with zero attached hydrogens (tertiary/aromatic N) is 4. The molecule has 0 spiro atoms. The van der Waals surface area contributed by atoms with Crippen LogP contribution in [0.15, 0.2) is 60.9 Å². The van der Waals surface area contributed by atoms with Crippen molar-refractivity contribution in [3.8, 4) is 11.6 Å². The Kier molecular flexibility index (Phi) is 5.75. The van der Waals surface area contributed by atoms with Gasteiger partial charge in [0.05, 0.1) is 17.1 Å². The number of ether oxygens (including phenoxy) is 1. The van der Waals surface area contributed by atoms with Crippen molar-refractivity contribution in [2.24, 2.45) is 5.92 Å². The molecule has 1 aliphatic rings. The van der Waals surface area contributed by atoms with Crippen molar-refractivity contribution in [3.05, 3.63) is 72.3 Å². The van der Waals surface area contributed by atoms with Crippen LogP contribution in [0, 0.1) is 5.92 Å². The number of H-pyrrole nitrogens is 1. The molecule has 0 saturated carbocycles. The maximum Gasteiger partial charge on any atom is 0.263 e. The van der Waals surface area contributed by atoms with Crippen LogP contribution in [-0.2, 0) is 0 Å². The Bertz CT molecular complexity index is 1230. The van der Waals surface area contributed by atoms with Gasteiger partial charge in [0.1, 0.15) is 5.75 Å². The Morgan fingerprint density at radius 2 is 1.82 bits per heavy atom. The average Bonchev–Trinajstić information content (AvgIpc) is 3.29. The van der Waals surface area contributed by atoms with E-state index in [1.54, 1.807) is 36.7 Å². The second-order valence-electron chi connectivity index (χ2n) is 8.31. The van der Waals surface area contributed by atoms with Crippen LogP contribution < -0.4 is 9.64 Å².